The number of aromatic nitrogens is 2. The first kappa shape index (κ1) is 21.8. The number of hydrogen-bond acceptors (Lipinski definition) is 5. The van der Waals surface area contributed by atoms with Crippen LogP contribution < -0.4 is 5.32 Å². The van der Waals surface area contributed by atoms with Crippen LogP contribution in [0.25, 0.3) is 15.9 Å². The lowest BCUT2D eigenvalue weighted by Crippen LogP contribution is -2.21. The summed E-state index contributed by atoms with van der Waals surface area (Å²) < 4.78 is 46.5. The number of nitrogens with one attached hydrogen (secondary N) is 1. The Morgan fingerprint density at radius 1 is 1.12 bits per heavy atom. The monoisotopic (exact) mass is 479 g/mol. The maximum absolute atomic E-state index is 13.7. The van der Waals surface area contributed by atoms with E-state index < -0.39 is 41.6 Å². The fourth-order valence-electron chi connectivity index (χ4n) is 2.92. The predicted octanol–water partition coefficient (Wildman–Crippen LogP) is 5.26. The zero-order chi connectivity index (χ0) is 23.0. The second-order valence-electron chi connectivity index (χ2n) is 6.65. The standard InChI is InChI=1S/C21H13ClF3N3O3S/c1-10-13-8-16(32-20(13)28(27-10)12-4-2-11(22)3-5-12)21(30)31-9-17(29)26-15-7-6-14(23)18(24)19(15)25/h2-8H,9H2,1H3,(H,26,29). The first-order valence-electron chi connectivity index (χ1n) is 9.10. The van der Waals surface area contributed by atoms with Crippen molar-refractivity contribution < 1.29 is 27.5 Å². The molecular weight excluding hydrogens is 467 g/mol. The van der Waals surface area contributed by atoms with E-state index in [1.54, 1.807) is 41.9 Å². The van der Waals surface area contributed by atoms with E-state index >= 15 is 0 Å². The van der Waals surface area contributed by atoms with Crippen LogP contribution in [-0.4, -0.2) is 28.3 Å². The molecule has 1 N–H and O–H groups in total. The fourth-order valence-corrected chi connectivity index (χ4v) is 4.12. The summed E-state index contributed by atoms with van der Waals surface area (Å²) in [4.78, 5) is 25.3. The van der Waals surface area contributed by atoms with Crippen LogP contribution in [0.5, 0.6) is 0 Å². The Labute approximate surface area is 188 Å². The molecule has 0 bridgehead atoms. The smallest absolute Gasteiger partial charge is 0.348 e. The Hall–Kier alpha value is -3.37. The molecule has 1 amide bonds. The van der Waals surface area contributed by atoms with Gasteiger partial charge in [0.05, 0.1) is 17.1 Å². The van der Waals surface area contributed by atoms with Crippen molar-refractivity contribution in [2.75, 3.05) is 11.9 Å². The number of halogens is 4. The van der Waals surface area contributed by atoms with Gasteiger partial charge in [0.25, 0.3) is 5.91 Å². The first-order valence-corrected chi connectivity index (χ1v) is 10.3. The van der Waals surface area contributed by atoms with Gasteiger partial charge in [0.2, 0.25) is 0 Å². The Morgan fingerprint density at radius 3 is 2.56 bits per heavy atom. The lowest BCUT2D eigenvalue weighted by molar-refractivity contribution is -0.119. The van der Waals surface area contributed by atoms with Crippen LogP contribution in [0.15, 0.2) is 42.5 Å². The van der Waals surface area contributed by atoms with Crippen LogP contribution in [0.3, 0.4) is 0 Å². The first-order chi connectivity index (χ1) is 15.2. The van der Waals surface area contributed by atoms with Gasteiger partial charge in [-0.05, 0) is 49.4 Å². The molecule has 2 aromatic carbocycles. The fraction of sp³-hybridized carbons (Fsp3) is 0.0952. The number of fused-ring (bicyclic) bond motifs is 1. The van der Waals surface area contributed by atoms with Crippen LogP contribution in [0.4, 0.5) is 18.9 Å². The highest BCUT2D eigenvalue weighted by Gasteiger charge is 2.20. The zero-order valence-corrected chi connectivity index (χ0v) is 17.9. The van der Waals surface area contributed by atoms with E-state index in [2.05, 4.69) is 5.10 Å². The predicted molar refractivity (Wildman–Crippen MR) is 114 cm³/mol. The molecule has 0 spiro atoms. The van der Waals surface area contributed by atoms with Crippen molar-refractivity contribution in [3.63, 3.8) is 0 Å². The Balaban J connectivity index is 1.47. The van der Waals surface area contributed by atoms with Crippen molar-refractivity contribution >= 4 is 50.7 Å². The molecule has 2 heterocycles. The second-order valence-corrected chi connectivity index (χ2v) is 8.12. The summed E-state index contributed by atoms with van der Waals surface area (Å²) in [5.41, 5.74) is 0.879. The van der Waals surface area contributed by atoms with Crippen LogP contribution >= 0.6 is 22.9 Å². The van der Waals surface area contributed by atoms with E-state index in [-0.39, 0.29) is 4.88 Å². The second kappa shape index (κ2) is 8.64. The van der Waals surface area contributed by atoms with E-state index in [1.165, 1.54) is 0 Å². The van der Waals surface area contributed by atoms with E-state index in [4.69, 9.17) is 16.3 Å². The van der Waals surface area contributed by atoms with Gasteiger partial charge in [-0.15, -0.1) is 11.3 Å². The molecule has 0 atom stereocenters. The maximum Gasteiger partial charge on any atom is 0.348 e. The number of amides is 1. The molecule has 0 radical (unpaired) electrons. The molecule has 0 aliphatic carbocycles. The Kier molecular flexibility index (Phi) is 5.90. The van der Waals surface area contributed by atoms with Crippen molar-refractivity contribution in [2.24, 2.45) is 0 Å². The number of esters is 1. The topological polar surface area (TPSA) is 73.2 Å². The number of ether oxygens (including phenoxy) is 1. The molecular formula is C21H13ClF3N3O3S. The van der Waals surface area contributed by atoms with Crippen molar-refractivity contribution in [3.05, 3.63) is 75.5 Å². The number of carbonyl (C=O) groups is 2. The van der Waals surface area contributed by atoms with Gasteiger partial charge in [0.1, 0.15) is 9.71 Å². The highest BCUT2D eigenvalue weighted by molar-refractivity contribution is 7.20. The van der Waals surface area contributed by atoms with Gasteiger partial charge in [-0.2, -0.15) is 5.10 Å². The molecule has 4 aromatic rings. The minimum absolute atomic E-state index is 0.232. The maximum atomic E-state index is 13.7. The molecule has 11 heteroatoms. The molecule has 0 aliphatic rings. The largest absolute Gasteiger partial charge is 0.451 e. The lowest BCUT2D eigenvalue weighted by atomic mass is 10.3. The molecule has 0 saturated carbocycles. The number of rotatable bonds is 5. The summed E-state index contributed by atoms with van der Waals surface area (Å²) in [7, 11) is 0. The quantitative estimate of drug-likeness (QED) is 0.313. The van der Waals surface area contributed by atoms with E-state index in [9.17, 15) is 22.8 Å². The summed E-state index contributed by atoms with van der Waals surface area (Å²) in [6, 6.07) is 10.1. The minimum Gasteiger partial charge on any atom is -0.451 e. The molecule has 6 nitrogen and oxygen atoms in total. The highest BCUT2D eigenvalue weighted by Crippen LogP contribution is 2.31. The SMILES string of the molecule is Cc1nn(-c2ccc(Cl)cc2)c2sc(C(=O)OCC(=O)Nc3ccc(F)c(F)c3F)cc12. The van der Waals surface area contributed by atoms with Crippen LogP contribution in [0.2, 0.25) is 5.02 Å². The average Bonchev–Trinajstić information content (AvgIpc) is 3.34. The Morgan fingerprint density at radius 2 is 1.84 bits per heavy atom. The van der Waals surface area contributed by atoms with Gasteiger partial charge in [0, 0.05) is 10.4 Å². The summed E-state index contributed by atoms with van der Waals surface area (Å²) in [5, 5.41) is 7.82. The van der Waals surface area contributed by atoms with E-state index in [0.29, 0.717) is 21.6 Å². The number of thiophene rings is 1. The number of nitrogens with zero attached hydrogens (tertiary/aromatic N) is 2. The van der Waals surface area contributed by atoms with Crippen molar-refractivity contribution in [1.82, 2.24) is 9.78 Å². The van der Waals surface area contributed by atoms with Gasteiger partial charge in [-0.1, -0.05) is 11.6 Å². The molecule has 0 unspecified atom stereocenters. The van der Waals surface area contributed by atoms with Crippen LogP contribution in [0, 0.1) is 24.4 Å². The summed E-state index contributed by atoms with van der Waals surface area (Å²) >= 11 is 7.05. The van der Waals surface area contributed by atoms with Crippen molar-refractivity contribution in [3.8, 4) is 5.69 Å². The van der Waals surface area contributed by atoms with Crippen molar-refractivity contribution in [1.29, 1.82) is 0 Å². The van der Waals surface area contributed by atoms with E-state index in [0.717, 1.165) is 28.5 Å². The van der Waals surface area contributed by atoms with Crippen molar-refractivity contribution in [2.45, 2.75) is 6.92 Å². The molecule has 164 valence electrons. The normalized spacial score (nSPS) is 11.0. The molecule has 0 saturated heterocycles. The third kappa shape index (κ3) is 4.19. The summed E-state index contributed by atoms with van der Waals surface area (Å²) in [6.07, 6.45) is 0. The molecule has 2 aromatic heterocycles. The Bertz CT molecular complexity index is 1350. The van der Waals surface area contributed by atoms with Crippen LogP contribution in [-0.2, 0) is 9.53 Å². The average molecular weight is 480 g/mol. The molecule has 0 fully saturated rings. The number of anilines is 1. The van der Waals surface area contributed by atoms with Gasteiger partial charge >= 0.3 is 5.97 Å². The van der Waals surface area contributed by atoms with Gasteiger partial charge in [-0.25, -0.2) is 22.6 Å². The van der Waals surface area contributed by atoms with Gasteiger partial charge in [-0.3, -0.25) is 4.79 Å². The molecule has 0 aliphatic heterocycles. The third-order valence-electron chi connectivity index (χ3n) is 4.46. The van der Waals surface area contributed by atoms with Gasteiger partial charge in [0.15, 0.2) is 24.1 Å². The van der Waals surface area contributed by atoms with Gasteiger partial charge < -0.3 is 10.1 Å². The number of carbonyl (C=O) groups excluding carboxylic acids is 2. The molecule has 32 heavy (non-hydrogen) atoms. The molecule has 4 rings (SSSR count). The van der Waals surface area contributed by atoms with E-state index in [1.807, 2.05) is 5.32 Å². The number of hydrogen-bond donors (Lipinski definition) is 1. The summed E-state index contributed by atoms with van der Waals surface area (Å²) in [6.45, 7) is 1.05. The highest BCUT2D eigenvalue weighted by atomic mass is 35.5. The summed E-state index contributed by atoms with van der Waals surface area (Å²) in [5.74, 6) is -6.32. The minimum atomic E-state index is -1.71. The number of benzene rings is 2. The number of aryl methyl sites for hydroxylation is 1. The zero-order valence-electron chi connectivity index (χ0n) is 16.3. The third-order valence-corrected chi connectivity index (χ3v) is 5.80. The van der Waals surface area contributed by atoms with Crippen LogP contribution in [0.1, 0.15) is 15.4 Å². The lowest BCUT2D eigenvalue weighted by Gasteiger charge is -2.07.